The van der Waals surface area contributed by atoms with E-state index in [-0.39, 0.29) is 24.2 Å². The zero-order valence-electron chi connectivity index (χ0n) is 11.1. The fraction of sp³-hybridized carbons (Fsp3) is 0.571. The van der Waals surface area contributed by atoms with Gasteiger partial charge in [0.15, 0.2) is 0 Å². The van der Waals surface area contributed by atoms with Crippen molar-refractivity contribution in [2.75, 3.05) is 6.61 Å². The molecule has 0 heterocycles. The monoisotopic (exact) mass is 237 g/mol. The highest BCUT2D eigenvalue weighted by atomic mass is 16.5. The number of ether oxygens (including phenoxy) is 1. The van der Waals surface area contributed by atoms with Gasteiger partial charge in [0, 0.05) is 18.1 Å². The van der Waals surface area contributed by atoms with Crippen LogP contribution in [0.3, 0.4) is 0 Å². The second-order valence-electron chi connectivity index (χ2n) is 5.36. The Balaban J connectivity index is 2.80. The summed E-state index contributed by atoms with van der Waals surface area (Å²) >= 11 is 0. The van der Waals surface area contributed by atoms with Crippen LogP contribution in [0, 0.1) is 5.41 Å². The minimum Gasteiger partial charge on any atom is -0.491 e. The lowest BCUT2D eigenvalue weighted by atomic mass is 9.82. The standard InChI is InChI=1S/C14H23NO2/c1-10(2)17-12-7-5-11(6-8-12)13(15)14(3,4)9-16/h5-8,10,13,16H,9,15H2,1-4H3/t13-/m0/s1. The van der Waals surface area contributed by atoms with Crippen molar-refractivity contribution in [3.8, 4) is 5.75 Å². The first-order valence-electron chi connectivity index (χ1n) is 6.00. The number of aliphatic hydroxyl groups is 1. The lowest BCUT2D eigenvalue weighted by molar-refractivity contribution is 0.132. The fourth-order valence-corrected chi connectivity index (χ4v) is 1.58. The lowest BCUT2D eigenvalue weighted by Gasteiger charge is -2.29. The van der Waals surface area contributed by atoms with Crippen LogP contribution in [0.15, 0.2) is 24.3 Å². The number of hydrogen-bond acceptors (Lipinski definition) is 3. The van der Waals surface area contributed by atoms with E-state index < -0.39 is 0 Å². The molecule has 1 aromatic carbocycles. The van der Waals surface area contributed by atoms with E-state index in [4.69, 9.17) is 10.5 Å². The van der Waals surface area contributed by atoms with Gasteiger partial charge in [-0.3, -0.25) is 0 Å². The molecule has 0 aliphatic carbocycles. The van der Waals surface area contributed by atoms with E-state index in [1.165, 1.54) is 0 Å². The molecule has 3 N–H and O–H groups in total. The molecule has 0 aromatic heterocycles. The first-order valence-corrected chi connectivity index (χ1v) is 6.00. The molecular weight excluding hydrogens is 214 g/mol. The van der Waals surface area contributed by atoms with Gasteiger partial charge in [-0.15, -0.1) is 0 Å². The Morgan fingerprint density at radius 2 is 1.76 bits per heavy atom. The molecule has 0 saturated heterocycles. The highest BCUT2D eigenvalue weighted by Gasteiger charge is 2.26. The highest BCUT2D eigenvalue weighted by molar-refractivity contribution is 5.30. The maximum atomic E-state index is 9.29. The molecule has 1 aromatic rings. The molecule has 0 fully saturated rings. The van der Waals surface area contributed by atoms with Crippen LogP contribution in [0.4, 0.5) is 0 Å². The third-order valence-corrected chi connectivity index (χ3v) is 2.86. The quantitative estimate of drug-likeness (QED) is 0.827. The molecule has 0 bridgehead atoms. The summed E-state index contributed by atoms with van der Waals surface area (Å²) < 4.78 is 5.57. The summed E-state index contributed by atoms with van der Waals surface area (Å²) in [6.07, 6.45) is 0.170. The summed E-state index contributed by atoms with van der Waals surface area (Å²) in [5.74, 6) is 0.845. The predicted molar refractivity (Wildman–Crippen MR) is 70.0 cm³/mol. The molecule has 0 saturated carbocycles. The number of nitrogens with two attached hydrogens (primary N) is 1. The van der Waals surface area contributed by atoms with E-state index in [2.05, 4.69) is 0 Å². The summed E-state index contributed by atoms with van der Waals surface area (Å²) in [5.41, 5.74) is 6.83. The third kappa shape index (κ3) is 3.72. The van der Waals surface area contributed by atoms with Crippen molar-refractivity contribution in [1.82, 2.24) is 0 Å². The van der Waals surface area contributed by atoms with Crippen LogP contribution >= 0.6 is 0 Å². The molecule has 96 valence electrons. The molecular formula is C14H23NO2. The normalized spacial score (nSPS) is 13.8. The topological polar surface area (TPSA) is 55.5 Å². The summed E-state index contributed by atoms with van der Waals surface area (Å²) in [6, 6.07) is 7.57. The molecule has 3 nitrogen and oxygen atoms in total. The van der Waals surface area contributed by atoms with Crippen molar-refractivity contribution in [3.05, 3.63) is 29.8 Å². The van der Waals surface area contributed by atoms with Crippen molar-refractivity contribution in [3.63, 3.8) is 0 Å². The molecule has 0 aliphatic rings. The van der Waals surface area contributed by atoms with Crippen LogP contribution in [0.2, 0.25) is 0 Å². The van der Waals surface area contributed by atoms with Crippen molar-refractivity contribution in [1.29, 1.82) is 0 Å². The van der Waals surface area contributed by atoms with E-state index in [0.717, 1.165) is 11.3 Å². The van der Waals surface area contributed by atoms with E-state index >= 15 is 0 Å². The van der Waals surface area contributed by atoms with E-state index in [1.54, 1.807) is 0 Å². The van der Waals surface area contributed by atoms with Crippen LogP contribution in [0.5, 0.6) is 5.75 Å². The van der Waals surface area contributed by atoms with Crippen molar-refractivity contribution in [2.45, 2.75) is 39.8 Å². The molecule has 0 radical (unpaired) electrons. The SMILES string of the molecule is CC(C)Oc1ccc([C@H](N)C(C)(C)CO)cc1. The number of aliphatic hydroxyl groups excluding tert-OH is 1. The first-order chi connectivity index (χ1) is 7.86. The number of benzene rings is 1. The molecule has 0 aliphatic heterocycles. The Bertz CT molecular complexity index is 344. The van der Waals surface area contributed by atoms with Gasteiger partial charge in [0.1, 0.15) is 5.75 Å². The Morgan fingerprint density at radius 1 is 1.24 bits per heavy atom. The summed E-state index contributed by atoms with van der Waals surface area (Å²) in [6.45, 7) is 7.97. The van der Waals surface area contributed by atoms with Gasteiger partial charge in [-0.05, 0) is 31.5 Å². The van der Waals surface area contributed by atoms with E-state index in [1.807, 2.05) is 52.0 Å². The van der Waals surface area contributed by atoms with Crippen LogP contribution < -0.4 is 10.5 Å². The largest absolute Gasteiger partial charge is 0.491 e. The van der Waals surface area contributed by atoms with Crippen LogP contribution in [0.25, 0.3) is 0 Å². The summed E-state index contributed by atoms with van der Waals surface area (Å²) in [4.78, 5) is 0. The van der Waals surface area contributed by atoms with Gasteiger partial charge in [-0.25, -0.2) is 0 Å². The van der Waals surface area contributed by atoms with Gasteiger partial charge in [-0.1, -0.05) is 26.0 Å². The maximum absolute atomic E-state index is 9.29. The van der Waals surface area contributed by atoms with Gasteiger partial charge in [0.2, 0.25) is 0 Å². The summed E-state index contributed by atoms with van der Waals surface area (Å²) in [7, 11) is 0. The maximum Gasteiger partial charge on any atom is 0.119 e. The number of hydrogen-bond donors (Lipinski definition) is 2. The fourth-order valence-electron chi connectivity index (χ4n) is 1.58. The lowest BCUT2D eigenvalue weighted by Crippen LogP contribution is -2.32. The van der Waals surface area contributed by atoms with Crippen molar-refractivity contribution in [2.24, 2.45) is 11.1 Å². The average molecular weight is 237 g/mol. The molecule has 0 amide bonds. The Kier molecular flexibility index (Phi) is 4.54. The minimum atomic E-state index is -0.319. The van der Waals surface area contributed by atoms with Crippen LogP contribution in [0.1, 0.15) is 39.3 Å². The Morgan fingerprint density at radius 3 is 2.18 bits per heavy atom. The van der Waals surface area contributed by atoms with Gasteiger partial charge in [-0.2, -0.15) is 0 Å². The Hall–Kier alpha value is -1.06. The molecule has 0 spiro atoms. The second-order valence-corrected chi connectivity index (χ2v) is 5.36. The van der Waals surface area contributed by atoms with E-state index in [0.29, 0.717) is 0 Å². The van der Waals surface area contributed by atoms with Gasteiger partial charge in [0.05, 0.1) is 6.10 Å². The molecule has 1 rings (SSSR count). The van der Waals surface area contributed by atoms with Crippen molar-refractivity contribution >= 4 is 0 Å². The first kappa shape index (κ1) is 14.0. The van der Waals surface area contributed by atoms with Gasteiger partial charge >= 0.3 is 0 Å². The average Bonchev–Trinajstić information content (AvgIpc) is 2.28. The predicted octanol–water partition coefficient (Wildman–Crippen LogP) is 2.49. The molecule has 3 heteroatoms. The highest BCUT2D eigenvalue weighted by Crippen LogP contribution is 2.31. The smallest absolute Gasteiger partial charge is 0.119 e. The van der Waals surface area contributed by atoms with Gasteiger partial charge < -0.3 is 15.6 Å². The second kappa shape index (κ2) is 5.52. The molecule has 17 heavy (non-hydrogen) atoms. The van der Waals surface area contributed by atoms with Crippen LogP contribution in [-0.4, -0.2) is 17.8 Å². The zero-order valence-corrected chi connectivity index (χ0v) is 11.1. The molecule has 1 atom stereocenters. The van der Waals surface area contributed by atoms with E-state index in [9.17, 15) is 5.11 Å². The van der Waals surface area contributed by atoms with Gasteiger partial charge in [0.25, 0.3) is 0 Å². The summed E-state index contributed by atoms with van der Waals surface area (Å²) in [5, 5.41) is 9.29. The zero-order chi connectivity index (χ0) is 13.1. The minimum absolute atomic E-state index is 0.0679. The third-order valence-electron chi connectivity index (χ3n) is 2.86. The van der Waals surface area contributed by atoms with Crippen LogP contribution in [-0.2, 0) is 0 Å². The number of rotatable bonds is 5. The Labute approximate surface area is 104 Å². The molecule has 0 unspecified atom stereocenters. The van der Waals surface area contributed by atoms with Crippen molar-refractivity contribution < 1.29 is 9.84 Å².